The van der Waals surface area contributed by atoms with Crippen molar-refractivity contribution >= 4 is 15.9 Å². The van der Waals surface area contributed by atoms with Gasteiger partial charge in [0.2, 0.25) is 15.9 Å². The van der Waals surface area contributed by atoms with Crippen LogP contribution in [0.25, 0.3) is 0 Å². The van der Waals surface area contributed by atoms with Gasteiger partial charge in [-0.05, 0) is 44.4 Å². The third-order valence-corrected chi connectivity index (χ3v) is 6.65. The van der Waals surface area contributed by atoms with Crippen molar-refractivity contribution in [1.82, 2.24) is 9.62 Å². The Balaban J connectivity index is 2.39. The van der Waals surface area contributed by atoms with Gasteiger partial charge in [-0.3, -0.25) is 4.79 Å². The third-order valence-electron chi connectivity index (χ3n) is 4.55. The Hall–Kier alpha value is -2.22. The van der Waals surface area contributed by atoms with Gasteiger partial charge in [-0.1, -0.05) is 48.0 Å². The summed E-state index contributed by atoms with van der Waals surface area (Å²) < 4.78 is 33.4. The Bertz CT molecular complexity index is 920. The minimum absolute atomic E-state index is 0.113. The van der Waals surface area contributed by atoms with E-state index in [2.05, 4.69) is 5.32 Å². The molecule has 0 aliphatic carbocycles. The smallest absolute Gasteiger partial charge is 0.244 e. The van der Waals surface area contributed by atoms with Gasteiger partial charge < -0.3 is 10.1 Å². The zero-order valence-corrected chi connectivity index (χ0v) is 18.5. The summed E-state index contributed by atoms with van der Waals surface area (Å²) in [6.45, 7) is 7.52. The number of carbonyl (C=O) groups is 1. The van der Waals surface area contributed by atoms with Crippen LogP contribution in [0.3, 0.4) is 0 Å². The van der Waals surface area contributed by atoms with Crippen molar-refractivity contribution in [2.24, 2.45) is 0 Å². The number of carbonyl (C=O) groups excluding carboxylic acids is 1. The van der Waals surface area contributed by atoms with Crippen LogP contribution >= 0.6 is 0 Å². The first-order chi connectivity index (χ1) is 13.6. The first-order valence-electron chi connectivity index (χ1n) is 9.55. The molecule has 2 aromatic rings. The Morgan fingerprint density at radius 3 is 2.24 bits per heavy atom. The van der Waals surface area contributed by atoms with Crippen LogP contribution in [-0.2, 0) is 26.1 Å². The second-order valence-electron chi connectivity index (χ2n) is 7.41. The van der Waals surface area contributed by atoms with E-state index in [1.165, 1.54) is 4.31 Å². The second-order valence-corrected chi connectivity index (χ2v) is 9.29. The summed E-state index contributed by atoms with van der Waals surface area (Å²) in [5.41, 5.74) is 3.17. The molecule has 0 fully saturated rings. The average molecular weight is 419 g/mol. The summed E-state index contributed by atoms with van der Waals surface area (Å²) in [4.78, 5) is 12.8. The molecule has 0 saturated heterocycles. The molecule has 0 aliphatic heterocycles. The van der Waals surface area contributed by atoms with Crippen LogP contribution in [0.5, 0.6) is 0 Å². The number of nitrogens with zero attached hydrogens (tertiary/aromatic N) is 1. The number of amides is 1. The van der Waals surface area contributed by atoms with E-state index >= 15 is 0 Å². The molecule has 1 amide bonds. The van der Waals surface area contributed by atoms with Crippen molar-refractivity contribution in [2.45, 2.75) is 45.2 Å². The topological polar surface area (TPSA) is 75.7 Å². The molecule has 6 nitrogen and oxygen atoms in total. The normalized spacial score (nSPS) is 12.8. The molecule has 158 valence electrons. The molecule has 0 bridgehead atoms. The Morgan fingerprint density at radius 2 is 1.69 bits per heavy atom. The van der Waals surface area contributed by atoms with Gasteiger partial charge in [-0.15, -0.1) is 0 Å². The van der Waals surface area contributed by atoms with Crippen LogP contribution in [0.15, 0.2) is 47.4 Å². The zero-order chi connectivity index (χ0) is 21.6. The average Bonchev–Trinajstić information content (AvgIpc) is 2.61. The van der Waals surface area contributed by atoms with E-state index in [9.17, 15) is 13.2 Å². The molecule has 2 aromatic carbocycles. The van der Waals surface area contributed by atoms with Crippen molar-refractivity contribution in [2.75, 3.05) is 20.3 Å². The molecule has 0 aliphatic rings. The second kappa shape index (κ2) is 10.0. The molecule has 2 rings (SSSR count). The maximum atomic E-state index is 13.6. The standard InChI is InChI=1S/C22H30N2O4S/c1-16-11-17(2)22(18(3)12-16)29(26,27)24(13-20-9-7-6-8-10-20)14-21(25)23-19(4)15-28-5/h6-12,19H,13-15H2,1-5H3,(H,23,25)/t19-/m1/s1. The first kappa shape index (κ1) is 23.1. The largest absolute Gasteiger partial charge is 0.383 e. The Labute approximate surface area is 173 Å². The number of hydrogen-bond acceptors (Lipinski definition) is 4. The molecular weight excluding hydrogens is 388 g/mol. The number of nitrogens with one attached hydrogen (secondary N) is 1. The van der Waals surface area contributed by atoms with Crippen molar-refractivity contribution in [3.63, 3.8) is 0 Å². The highest BCUT2D eigenvalue weighted by atomic mass is 32.2. The van der Waals surface area contributed by atoms with Gasteiger partial charge in [-0.25, -0.2) is 8.42 Å². The van der Waals surface area contributed by atoms with E-state index in [-0.39, 0.29) is 29.9 Å². The number of hydrogen-bond donors (Lipinski definition) is 1. The Morgan fingerprint density at radius 1 is 1.10 bits per heavy atom. The molecule has 7 heteroatoms. The molecule has 0 saturated carbocycles. The maximum Gasteiger partial charge on any atom is 0.244 e. The molecule has 0 unspecified atom stereocenters. The molecule has 29 heavy (non-hydrogen) atoms. The minimum atomic E-state index is -3.88. The predicted octanol–water partition coefficient (Wildman–Crippen LogP) is 2.95. The number of ether oxygens (including phenoxy) is 1. The first-order valence-corrected chi connectivity index (χ1v) is 11.0. The zero-order valence-electron chi connectivity index (χ0n) is 17.7. The SMILES string of the molecule is COC[C@@H](C)NC(=O)CN(Cc1ccccc1)S(=O)(=O)c1c(C)cc(C)cc1C. The fourth-order valence-electron chi connectivity index (χ4n) is 3.49. The number of benzene rings is 2. The van der Waals surface area contributed by atoms with Crippen LogP contribution in [0.1, 0.15) is 29.2 Å². The van der Waals surface area contributed by atoms with Crippen LogP contribution in [0.4, 0.5) is 0 Å². The van der Waals surface area contributed by atoms with E-state index in [0.717, 1.165) is 11.1 Å². The van der Waals surface area contributed by atoms with Crippen molar-refractivity contribution in [3.05, 3.63) is 64.7 Å². The van der Waals surface area contributed by atoms with Crippen LogP contribution < -0.4 is 5.32 Å². The molecule has 0 heterocycles. The van der Waals surface area contributed by atoms with Gasteiger partial charge in [0.25, 0.3) is 0 Å². The summed E-state index contributed by atoms with van der Waals surface area (Å²) in [7, 11) is -2.33. The van der Waals surface area contributed by atoms with Gasteiger partial charge >= 0.3 is 0 Å². The lowest BCUT2D eigenvalue weighted by Crippen LogP contribution is -2.44. The highest BCUT2D eigenvalue weighted by Crippen LogP contribution is 2.26. The molecule has 0 radical (unpaired) electrons. The third kappa shape index (κ3) is 6.13. The van der Waals surface area contributed by atoms with Crippen molar-refractivity contribution < 1.29 is 17.9 Å². The molecule has 1 N–H and O–H groups in total. The summed E-state index contributed by atoms with van der Waals surface area (Å²) in [5.74, 6) is -0.364. The highest BCUT2D eigenvalue weighted by Gasteiger charge is 2.30. The monoisotopic (exact) mass is 418 g/mol. The van der Waals surface area contributed by atoms with E-state index in [1.807, 2.05) is 56.3 Å². The van der Waals surface area contributed by atoms with E-state index in [0.29, 0.717) is 17.7 Å². The Kier molecular flexibility index (Phi) is 7.96. The predicted molar refractivity (Wildman–Crippen MR) is 114 cm³/mol. The maximum absolute atomic E-state index is 13.6. The summed E-state index contributed by atoms with van der Waals surface area (Å²) in [6, 6.07) is 12.8. The fraction of sp³-hybridized carbons (Fsp3) is 0.409. The fourth-order valence-corrected chi connectivity index (χ4v) is 5.28. The number of aryl methyl sites for hydroxylation is 3. The van der Waals surface area contributed by atoms with Crippen molar-refractivity contribution in [3.8, 4) is 0 Å². The summed E-state index contributed by atoms with van der Waals surface area (Å²) >= 11 is 0. The lowest BCUT2D eigenvalue weighted by molar-refractivity contribution is -0.122. The number of sulfonamides is 1. The lowest BCUT2D eigenvalue weighted by atomic mass is 10.1. The highest BCUT2D eigenvalue weighted by molar-refractivity contribution is 7.89. The van der Waals surface area contributed by atoms with Crippen LogP contribution in [0.2, 0.25) is 0 Å². The van der Waals surface area contributed by atoms with Crippen LogP contribution in [0, 0.1) is 20.8 Å². The van der Waals surface area contributed by atoms with Gasteiger partial charge in [0.05, 0.1) is 18.0 Å². The van der Waals surface area contributed by atoms with Crippen molar-refractivity contribution in [1.29, 1.82) is 0 Å². The van der Waals surface area contributed by atoms with Gasteiger partial charge in [0, 0.05) is 19.7 Å². The van der Waals surface area contributed by atoms with Gasteiger partial charge in [0.15, 0.2) is 0 Å². The molecule has 1 atom stereocenters. The number of rotatable bonds is 9. The van der Waals surface area contributed by atoms with Crippen LogP contribution in [-0.4, -0.2) is 44.9 Å². The van der Waals surface area contributed by atoms with Gasteiger partial charge in [-0.2, -0.15) is 4.31 Å². The minimum Gasteiger partial charge on any atom is -0.383 e. The van der Waals surface area contributed by atoms with E-state index in [1.54, 1.807) is 21.0 Å². The molecule has 0 aromatic heterocycles. The quantitative estimate of drug-likeness (QED) is 0.679. The van der Waals surface area contributed by atoms with E-state index in [4.69, 9.17) is 4.74 Å². The lowest BCUT2D eigenvalue weighted by Gasteiger charge is -2.25. The summed E-state index contributed by atoms with van der Waals surface area (Å²) in [6.07, 6.45) is 0. The molecule has 0 spiro atoms. The number of methoxy groups -OCH3 is 1. The van der Waals surface area contributed by atoms with E-state index < -0.39 is 10.0 Å². The van der Waals surface area contributed by atoms with Gasteiger partial charge in [0.1, 0.15) is 0 Å². The molecular formula is C22H30N2O4S. The summed E-state index contributed by atoms with van der Waals surface area (Å²) in [5, 5.41) is 2.79.